The van der Waals surface area contributed by atoms with Gasteiger partial charge in [0.15, 0.2) is 0 Å². The summed E-state index contributed by atoms with van der Waals surface area (Å²) in [6, 6.07) is 0. The molecule has 0 spiro atoms. The molecular weight excluding hydrogens is 307 g/mol. The van der Waals surface area contributed by atoms with Gasteiger partial charge < -0.3 is 18.9 Å². The van der Waals surface area contributed by atoms with Gasteiger partial charge in [0.2, 0.25) is 0 Å². The van der Waals surface area contributed by atoms with Gasteiger partial charge in [-0.2, -0.15) is 0 Å². The molecule has 1 amide bonds. The van der Waals surface area contributed by atoms with Gasteiger partial charge in [-0.3, -0.25) is 9.78 Å². The van der Waals surface area contributed by atoms with E-state index in [1.54, 1.807) is 26.5 Å². The number of hydrogen-bond acceptors (Lipinski definition) is 5. The van der Waals surface area contributed by atoms with Crippen LogP contribution >= 0.6 is 0 Å². The quantitative estimate of drug-likeness (QED) is 0.784. The fourth-order valence-electron chi connectivity index (χ4n) is 2.53. The number of pyridine rings is 1. The number of aromatic nitrogens is 1. The SMILES string of the molecule is CN(C)C(=O)c1cncc(OC2CC2)c1B1OC(C)(C)C(C)(C)O1. The predicted molar refractivity (Wildman–Crippen MR) is 91.6 cm³/mol. The Balaban J connectivity index is 2.05. The van der Waals surface area contributed by atoms with Gasteiger partial charge in [0, 0.05) is 25.8 Å². The van der Waals surface area contributed by atoms with E-state index < -0.39 is 18.3 Å². The van der Waals surface area contributed by atoms with E-state index in [4.69, 9.17) is 14.0 Å². The standard InChI is InChI=1S/C17H25BN2O4/c1-16(2)17(3,4)24-18(23-16)14-12(15(21)20(5)6)9-19-10-13(14)22-11-7-8-11/h9-11H,7-8H2,1-6H3. The van der Waals surface area contributed by atoms with E-state index in [9.17, 15) is 4.79 Å². The monoisotopic (exact) mass is 332 g/mol. The first-order valence-corrected chi connectivity index (χ1v) is 8.34. The van der Waals surface area contributed by atoms with Crippen molar-refractivity contribution in [3.63, 3.8) is 0 Å². The summed E-state index contributed by atoms with van der Waals surface area (Å²) in [4.78, 5) is 18.3. The number of carbonyl (C=O) groups is 1. The average Bonchev–Trinajstić information content (AvgIpc) is 3.24. The van der Waals surface area contributed by atoms with Gasteiger partial charge in [0.1, 0.15) is 5.75 Å². The first kappa shape index (κ1) is 17.2. The van der Waals surface area contributed by atoms with E-state index in [1.807, 2.05) is 27.7 Å². The maximum Gasteiger partial charge on any atom is 0.499 e. The summed E-state index contributed by atoms with van der Waals surface area (Å²) in [6.45, 7) is 7.96. The Morgan fingerprint density at radius 3 is 2.29 bits per heavy atom. The number of hydrogen-bond donors (Lipinski definition) is 0. The lowest BCUT2D eigenvalue weighted by Crippen LogP contribution is -2.41. The molecular formula is C17H25BN2O4. The third-order valence-corrected chi connectivity index (χ3v) is 4.89. The van der Waals surface area contributed by atoms with Crippen molar-refractivity contribution in [2.45, 2.75) is 57.8 Å². The highest BCUT2D eigenvalue weighted by atomic mass is 16.7. The molecule has 0 bridgehead atoms. The van der Waals surface area contributed by atoms with Gasteiger partial charge in [-0.05, 0) is 40.5 Å². The molecule has 1 aromatic rings. The van der Waals surface area contributed by atoms with Crippen molar-refractivity contribution in [1.82, 2.24) is 9.88 Å². The van der Waals surface area contributed by atoms with Crippen molar-refractivity contribution in [2.24, 2.45) is 0 Å². The Kier molecular flexibility index (Phi) is 4.12. The third kappa shape index (κ3) is 3.02. The fourth-order valence-corrected chi connectivity index (χ4v) is 2.53. The lowest BCUT2D eigenvalue weighted by molar-refractivity contribution is 0.00578. The minimum absolute atomic E-state index is 0.145. The lowest BCUT2D eigenvalue weighted by atomic mass is 9.75. The van der Waals surface area contributed by atoms with Crippen LogP contribution in [0.2, 0.25) is 0 Å². The summed E-state index contributed by atoms with van der Waals surface area (Å²) in [7, 11) is 2.76. The molecule has 1 aliphatic carbocycles. The minimum Gasteiger partial charge on any atom is -0.489 e. The van der Waals surface area contributed by atoms with Crippen LogP contribution in [0.25, 0.3) is 0 Å². The first-order valence-electron chi connectivity index (χ1n) is 8.34. The van der Waals surface area contributed by atoms with Gasteiger partial charge >= 0.3 is 7.12 Å². The molecule has 7 heteroatoms. The zero-order valence-electron chi connectivity index (χ0n) is 15.3. The summed E-state index contributed by atoms with van der Waals surface area (Å²) in [5.74, 6) is 0.428. The van der Waals surface area contributed by atoms with Crippen LogP contribution in [0.15, 0.2) is 12.4 Å². The second kappa shape index (κ2) is 5.74. The summed E-state index contributed by atoms with van der Waals surface area (Å²) in [5.41, 5.74) is 0.109. The highest BCUT2D eigenvalue weighted by molar-refractivity contribution is 6.64. The lowest BCUT2D eigenvalue weighted by Gasteiger charge is -2.32. The van der Waals surface area contributed by atoms with E-state index in [0.29, 0.717) is 16.8 Å². The van der Waals surface area contributed by atoms with Gasteiger partial charge in [-0.15, -0.1) is 0 Å². The molecule has 6 nitrogen and oxygen atoms in total. The molecule has 0 atom stereocenters. The van der Waals surface area contributed by atoms with Crippen molar-refractivity contribution in [3.8, 4) is 5.75 Å². The molecule has 2 heterocycles. The predicted octanol–water partition coefficient (Wildman–Crippen LogP) is 1.62. The Hall–Kier alpha value is -1.60. The largest absolute Gasteiger partial charge is 0.499 e. The molecule has 1 saturated heterocycles. The van der Waals surface area contributed by atoms with Gasteiger partial charge in [0.25, 0.3) is 5.91 Å². The Bertz CT molecular complexity index is 640. The van der Waals surface area contributed by atoms with Crippen molar-refractivity contribution in [3.05, 3.63) is 18.0 Å². The highest BCUT2D eigenvalue weighted by Gasteiger charge is 2.53. The van der Waals surface area contributed by atoms with Crippen molar-refractivity contribution < 1.29 is 18.8 Å². The molecule has 24 heavy (non-hydrogen) atoms. The van der Waals surface area contributed by atoms with Crippen molar-refractivity contribution >= 4 is 18.5 Å². The van der Waals surface area contributed by atoms with Gasteiger partial charge in [0.05, 0.1) is 29.1 Å². The number of rotatable bonds is 4. The third-order valence-electron chi connectivity index (χ3n) is 4.89. The van der Waals surface area contributed by atoms with Crippen molar-refractivity contribution in [2.75, 3.05) is 14.1 Å². The molecule has 0 N–H and O–H groups in total. The second-order valence-electron chi connectivity index (χ2n) is 7.70. The van der Waals surface area contributed by atoms with Crippen LogP contribution in [-0.2, 0) is 9.31 Å². The summed E-state index contributed by atoms with van der Waals surface area (Å²) < 4.78 is 18.3. The molecule has 1 aromatic heterocycles. The maximum absolute atomic E-state index is 12.6. The fraction of sp³-hybridized carbons (Fsp3) is 0.647. The molecule has 0 aromatic carbocycles. The Labute approximate surface area is 143 Å². The Morgan fingerprint density at radius 2 is 1.79 bits per heavy atom. The number of amides is 1. The number of nitrogens with zero attached hydrogens (tertiary/aromatic N) is 2. The number of ether oxygens (including phenoxy) is 1. The average molecular weight is 332 g/mol. The molecule has 2 aliphatic rings. The van der Waals surface area contributed by atoms with E-state index >= 15 is 0 Å². The molecule has 1 aliphatic heterocycles. The van der Waals surface area contributed by atoms with E-state index in [2.05, 4.69) is 4.98 Å². The molecule has 2 fully saturated rings. The van der Waals surface area contributed by atoms with Gasteiger partial charge in [-0.1, -0.05) is 0 Å². The van der Waals surface area contributed by atoms with Crippen LogP contribution in [0.4, 0.5) is 0 Å². The highest BCUT2D eigenvalue weighted by Crippen LogP contribution is 2.38. The number of carbonyl (C=O) groups excluding carboxylic acids is 1. The molecule has 0 radical (unpaired) electrons. The normalized spacial score (nSPS) is 21.7. The van der Waals surface area contributed by atoms with Crippen LogP contribution in [0.1, 0.15) is 50.9 Å². The van der Waals surface area contributed by atoms with E-state index in [0.717, 1.165) is 12.8 Å². The van der Waals surface area contributed by atoms with E-state index in [1.165, 1.54) is 4.90 Å². The van der Waals surface area contributed by atoms with Crippen LogP contribution in [0, 0.1) is 0 Å². The molecule has 1 saturated carbocycles. The first-order chi connectivity index (χ1) is 11.1. The van der Waals surface area contributed by atoms with Crippen LogP contribution in [-0.4, -0.2) is 54.3 Å². The van der Waals surface area contributed by atoms with Crippen LogP contribution in [0.5, 0.6) is 5.75 Å². The summed E-state index contributed by atoms with van der Waals surface area (Å²) >= 11 is 0. The van der Waals surface area contributed by atoms with E-state index in [-0.39, 0.29) is 12.0 Å². The van der Waals surface area contributed by atoms with Crippen molar-refractivity contribution in [1.29, 1.82) is 0 Å². The Morgan fingerprint density at radius 1 is 1.21 bits per heavy atom. The molecule has 130 valence electrons. The summed E-state index contributed by atoms with van der Waals surface area (Å²) in [5, 5.41) is 0. The smallest absolute Gasteiger partial charge is 0.489 e. The zero-order valence-corrected chi connectivity index (χ0v) is 15.3. The topological polar surface area (TPSA) is 60.9 Å². The molecule has 0 unspecified atom stereocenters. The second-order valence-corrected chi connectivity index (χ2v) is 7.70. The maximum atomic E-state index is 12.6. The van der Waals surface area contributed by atoms with Gasteiger partial charge in [-0.25, -0.2) is 0 Å². The van der Waals surface area contributed by atoms with Crippen LogP contribution in [0.3, 0.4) is 0 Å². The molecule has 3 rings (SSSR count). The zero-order chi connectivity index (χ0) is 17.7. The summed E-state index contributed by atoms with van der Waals surface area (Å²) in [6.07, 6.45) is 5.44. The minimum atomic E-state index is -0.661. The van der Waals surface area contributed by atoms with Crippen LogP contribution < -0.4 is 10.2 Å².